The highest BCUT2D eigenvalue weighted by atomic mass is 16.7. The Morgan fingerprint density at radius 3 is 2.61 bits per heavy atom. The molecule has 0 aromatic heterocycles. The molecular weight excluding hydrogens is 354 g/mol. The molecular formula is C23H25NO4. The second-order valence-corrected chi connectivity index (χ2v) is 7.13. The number of nitrogens with zero attached hydrogens (tertiary/aromatic N) is 1. The van der Waals surface area contributed by atoms with Gasteiger partial charge in [-0.05, 0) is 48.2 Å². The number of hydrogen-bond donors (Lipinski definition) is 0. The van der Waals surface area contributed by atoms with Crippen molar-refractivity contribution in [2.75, 3.05) is 26.6 Å². The minimum Gasteiger partial charge on any atom is -0.481 e. The van der Waals surface area contributed by atoms with E-state index in [0.29, 0.717) is 12.9 Å². The van der Waals surface area contributed by atoms with E-state index in [0.717, 1.165) is 56.3 Å². The van der Waals surface area contributed by atoms with Crippen molar-refractivity contribution >= 4 is 0 Å². The highest BCUT2D eigenvalue weighted by Crippen LogP contribution is 2.33. The summed E-state index contributed by atoms with van der Waals surface area (Å²) in [7, 11) is 0. The number of hydrogen-bond acceptors (Lipinski definition) is 5. The Balaban J connectivity index is 1.44. The van der Waals surface area contributed by atoms with Gasteiger partial charge in [-0.15, -0.1) is 6.42 Å². The Morgan fingerprint density at radius 2 is 1.82 bits per heavy atom. The van der Waals surface area contributed by atoms with Gasteiger partial charge in [0.1, 0.15) is 12.4 Å². The van der Waals surface area contributed by atoms with Gasteiger partial charge in [0, 0.05) is 26.2 Å². The van der Waals surface area contributed by atoms with E-state index in [-0.39, 0.29) is 6.61 Å². The molecule has 0 bridgehead atoms. The second kappa shape index (κ2) is 9.01. The van der Waals surface area contributed by atoms with E-state index in [1.165, 1.54) is 11.1 Å². The van der Waals surface area contributed by atoms with Gasteiger partial charge in [-0.3, -0.25) is 4.90 Å². The van der Waals surface area contributed by atoms with Crippen LogP contribution in [0.1, 0.15) is 24.0 Å². The van der Waals surface area contributed by atoms with E-state index in [1.807, 2.05) is 18.2 Å². The zero-order chi connectivity index (χ0) is 19.2. The molecule has 1 fully saturated rings. The standard InChI is InChI=1S/C23H25NO4/c1-2-11-25-20-8-5-18(6-9-20)14-24(16-21-4-3-12-26-21)15-19-7-10-22-23(13-19)28-17-27-22/h1,5-10,13,21H,3-4,11-12,14-17H2/t21-/m1/s1. The first-order valence-corrected chi connectivity index (χ1v) is 9.68. The van der Waals surface area contributed by atoms with Crippen molar-refractivity contribution in [2.45, 2.75) is 32.0 Å². The number of rotatable bonds is 8. The Hall–Kier alpha value is -2.68. The average Bonchev–Trinajstić information content (AvgIpc) is 3.39. The number of benzene rings is 2. The van der Waals surface area contributed by atoms with Crippen molar-refractivity contribution in [3.05, 3.63) is 53.6 Å². The van der Waals surface area contributed by atoms with Gasteiger partial charge < -0.3 is 18.9 Å². The van der Waals surface area contributed by atoms with Crippen molar-refractivity contribution in [3.63, 3.8) is 0 Å². The SMILES string of the molecule is C#CCOc1ccc(CN(Cc2ccc3c(c2)OCO3)C[C@H]2CCCO2)cc1. The van der Waals surface area contributed by atoms with E-state index < -0.39 is 0 Å². The summed E-state index contributed by atoms with van der Waals surface area (Å²) in [6, 6.07) is 14.3. The van der Waals surface area contributed by atoms with Crippen molar-refractivity contribution in [2.24, 2.45) is 0 Å². The molecule has 2 aliphatic rings. The van der Waals surface area contributed by atoms with Gasteiger partial charge in [-0.1, -0.05) is 24.1 Å². The van der Waals surface area contributed by atoms with Crippen molar-refractivity contribution < 1.29 is 18.9 Å². The predicted molar refractivity (Wildman–Crippen MR) is 106 cm³/mol. The molecule has 5 nitrogen and oxygen atoms in total. The lowest BCUT2D eigenvalue weighted by molar-refractivity contribution is 0.0679. The quantitative estimate of drug-likeness (QED) is 0.656. The van der Waals surface area contributed by atoms with E-state index in [9.17, 15) is 0 Å². The van der Waals surface area contributed by atoms with Gasteiger partial charge in [0.2, 0.25) is 6.79 Å². The third-order valence-electron chi connectivity index (χ3n) is 4.98. The molecule has 0 unspecified atom stereocenters. The summed E-state index contributed by atoms with van der Waals surface area (Å²) in [6.07, 6.45) is 7.81. The lowest BCUT2D eigenvalue weighted by Crippen LogP contribution is -2.31. The number of ether oxygens (including phenoxy) is 4. The summed E-state index contributed by atoms with van der Waals surface area (Å²) in [5, 5.41) is 0. The maximum Gasteiger partial charge on any atom is 0.231 e. The van der Waals surface area contributed by atoms with Gasteiger partial charge in [-0.25, -0.2) is 0 Å². The molecule has 0 spiro atoms. The minimum absolute atomic E-state index is 0.286. The summed E-state index contributed by atoms with van der Waals surface area (Å²) in [4.78, 5) is 2.42. The molecule has 28 heavy (non-hydrogen) atoms. The fourth-order valence-electron chi connectivity index (χ4n) is 3.63. The van der Waals surface area contributed by atoms with Crippen LogP contribution >= 0.6 is 0 Å². The first-order chi connectivity index (χ1) is 13.8. The minimum atomic E-state index is 0.286. The molecule has 0 radical (unpaired) electrons. The molecule has 2 aromatic rings. The number of terminal acetylenes is 1. The third-order valence-corrected chi connectivity index (χ3v) is 4.98. The molecule has 1 saturated heterocycles. The lowest BCUT2D eigenvalue weighted by atomic mass is 10.1. The van der Waals surface area contributed by atoms with Gasteiger partial charge in [-0.2, -0.15) is 0 Å². The monoisotopic (exact) mass is 379 g/mol. The Morgan fingerprint density at radius 1 is 1.04 bits per heavy atom. The Kier molecular flexibility index (Phi) is 6.01. The summed E-state index contributed by atoms with van der Waals surface area (Å²) in [6.45, 7) is 4.02. The largest absolute Gasteiger partial charge is 0.481 e. The van der Waals surface area contributed by atoms with Crippen LogP contribution in [0.15, 0.2) is 42.5 Å². The molecule has 5 heteroatoms. The topological polar surface area (TPSA) is 40.2 Å². The van der Waals surface area contributed by atoms with Crippen LogP contribution in [0, 0.1) is 12.3 Å². The van der Waals surface area contributed by atoms with Crippen LogP contribution in [-0.4, -0.2) is 37.6 Å². The van der Waals surface area contributed by atoms with Gasteiger partial charge in [0.25, 0.3) is 0 Å². The van der Waals surface area contributed by atoms with Crippen LogP contribution in [0.2, 0.25) is 0 Å². The highest BCUT2D eigenvalue weighted by Gasteiger charge is 2.21. The van der Waals surface area contributed by atoms with Crippen molar-refractivity contribution in [1.82, 2.24) is 4.90 Å². The van der Waals surface area contributed by atoms with Crippen LogP contribution in [0.5, 0.6) is 17.2 Å². The average molecular weight is 379 g/mol. The van der Waals surface area contributed by atoms with Crippen LogP contribution < -0.4 is 14.2 Å². The zero-order valence-electron chi connectivity index (χ0n) is 15.9. The van der Waals surface area contributed by atoms with E-state index >= 15 is 0 Å². The predicted octanol–water partition coefficient (Wildman–Crippen LogP) is 3.61. The normalized spacial score (nSPS) is 17.6. The molecule has 0 N–H and O–H groups in total. The maximum atomic E-state index is 5.87. The molecule has 0 amide bonds. The molecule has 2 heterocycles. The van der Waals surface area contributed by atoms with Gasteiger partial charge in [0.15, 0.2) is 11.5 Å². The fraction of sp³-hybridized carbons (Fsp3) is 0.391. The summed E-state index contributed by atoms with van der Waals surface area (Å²) >= 11 is 0. The zero-order valence-corrected chi connectivity index (χ0v) is 15.9. The fourth-order valence-corrected chi connectivity index (χ4v) is 3.63. The van der Waals surface area contributed by atoms with Crippen LogP contribution in [0.3, 0.4) is 0 Å². The Bertz CT molecular complexity index is 821. The molecule has 2 aliphatic heterocycles. The summed E-state index contributed by atoms with van der Waals surface area (Å²) < 4.78 is 22.3. The molecule has 0 aliphatic carbocycles. The molecule has 0 saturated carbocycles. The highest BCUT2D eigenvalue weighted by molar-refractivity contribution is 5.44. The second-order valence-electron chi connectivity index (χ2n) is 7.13. The van der Waals surface area contributed by atoms with Gasteiger partial charge >= 0.3 is 0 Å². The maximum absolute atomic E-state index is 5.87. The molecule has 1 atom stereocenters. The van der Waals surface area contributed by atoms with Crippen molar-refractivity contribution in [3.8, 4) is 29.6 Å². The third kappa shape index (κ3) is 4.78. The molecule has 4 rings (SSSR count). The van der Waals surface area contributed by atoms with Crippen LogP contribution in [0.4, 0.5) is 0 Å². The number of fused-ring (bicyclic) bond motifs is 1. The smallest absolute Gasteiger partial charge is 0.231 e. The van der Waals surface area contributed by atoms with E-state index in [1.54, 1.807) is 0 Å². The molecule has 146 valence electrons. The van der Waals surface area contributed by atoms with E-state index in [4.69, 9.17) is 25.4 Å². The molecule has 2 aromatic carbocycles. The Labute approximate surface area is 166 Å². The summed E-state index contributed by atoms with van der Waals surface area (Å²) in [5.74, 6) is 4.92. The van der Waals surface area contributed by atoms with E-state index in [2.05, 4.69) is 35.1 Å². The van der Waals surface area contributed by atoms with Crippen LogP contribution in [-0.2, 0) is 17.8 Å². The van der Waals surface area contributed by atoms with Crippen molar-refractivity contribution in [1.29, 1.82) is 0 Å². The van der Waals surface area contributed by atoms with Gasteiger partial charge in [0.05, 0.1) is 6.10 Å². The lowest BCUT2D eigenvalue weighted by Gasteiger charge is -2.25. The summed E-state index contributed by atoms with van der Waals surface area (Å²) in [5.41, 5.74) is 2.43. The van der Waals surface area contributed by atoms with Crippen LogP contribution in [0.25, 0.3) is 0 Å². The first kappa shape index (κ1) is 18.7. The first-order valence-electron chi connectivity index (χ1n) is 9.68.